The number of nitrogens with zero attached hydrogens (tertiary/aromatic N) is 1. The maximum Gasteiger partial charge on any atom is 0.407 e. The van der Waals surface area contributed by atoms with Gasteiger partial charge in [0, 0.05) is 31.1 Å². The van der Waals surface area contributed by atoms with Crippen molar-refractivity contribution in [2.24, 2.45) is 5.92 Å². The van der Waals surface area contributed by atoms with E-state index in [-0.39, 0.29) is 31.3 Å². The molecule has 0 bridgehead atoms. The van der Waals surface area contributed by atoms with Gasteiger partial charge in [-0.1, -0.05) is 117 Å². The highest BCUT2D eigenvalue weighted by Gasteiger charge is 2.38. The molecule has 1 amide bonds. The van der Waals surface area contributed by atoms with Gasteiger partial charge < -0.3 is 24.6 Å². The van der Waals surface area contributed by atoms with Crippen LogP contribution in [0.5, 0.6) is 0 Å². The van der Waals surface area contributed by atoms with Crippen molar-refractivity contribution < 1.29 is 24.1 Å². The summed E-state index contributed by atoms with van der Waals surface area (Å²) in [7, 11) is 2.13. The highest BCUT2D eigenvalue weighted by molar-refractivity contribution is 5.68. The lowest BCUT2D eigenvalue weighted by Gasteiger charge is -2.42. The monoisotopic (exact) mass is 606 g/mol. The number of nitrogens with one attached hydrogen (secondary N) is 1. The zero-order chi connectivity index (χ0) is 31.6. The minimum absolute atomic E-state index is 0.00798. The molecule has 7 heteroatoms. The summed E-state index contributed by atoms with van der Waals surface area (Å²) < 4.78 is 18.3. The minimum atomic E-state index is -0.537. The smallest absolute Gasteiger partial charge is 0.407 e. The van der Waals surface area contributed by atoms with Gasteiger partial charge in [-0.25, -0.2) is 4.79 Å². The van der Waals surface area contributed by atoms with Crippen LogP contribution in [0, 0.1) is 5.92 Å². The molecule has 0 unspecified atom stereocenters. The molecule has 1 aliphatic heterocycles. The molecule has 1 saturated heterocycles. The van der Waals surface area contributed by atoms with Crippen LogP contribution in [0.1, 0.15) is 47.1 Å². The summed E-state index contributed by atoms with van der Waals surface area (Å²) in [4.78, 5) is 14.1. The van der Waals surface area contributed by atoms with Crippen LogP contribution in [0.25, 0.3) is 11.1 Å². The van der Waals surface area contributed by atoms with Crippen LogP contribution in [0.15, 0.2) is 116 Å². The molecule has 1 heterocycles. The van der Waals surface area contributed by atoms with E-state index in [0.29, 0.717) is 6.54 Å². The molecule has 0 saturated carbocycles. The first-order valence-corrected chi connectivity index (χ1v) is 15.4. The number of hydrogen-bond acceptors (Lipinski definition) is 6. The molecular weight excluding hydrogens is 564 g/mol. The molecule has 4 aromatic carbocycles. The standard InChI is InChI=1S/C38H42N2O5/c1-4-21-43-38(42)39-23-30-11-8-12-34(22-30)31-17-19-33(20-18-31)37-44-35(25-40(3)24-28-9-6-5-7-10-28)27(2)36(45-37)32-15-13-29(26-41)14-16-32/h4-20,22,27,35-37,41H,1,21,23-26H2,2-3H3,(H,39,42)/t27-,35+,36+,37+/m0/s1. The topological polar surface area (TPSA) is 80.3 Å². The fraction of sp³-hybridized carbons (Fsp3) is 0.289. The van der Waals surface area contributed by atoms with E-state index in [1.54, 1.807) is 0 Å². The highest BCUT2D eigenvalue weighted by Crippen LogP contribution is 2.42. The number of alkyl carbamates (subject to hydrolysis) is 1. The Bertz CT molecular complexity index is 1520. The summed E-state index contributed by atoms with van der Waals surface area (Å²) in [5.74, 6) is 0.101. The van der Waals surface area contributed by atoms with Crippen LogP contribution in [0.2, 0.25) is 0 Å². The van der Waals surface area contributed by atoms with Crippen LogP contribution in [0.4, 0.5) is 4.79 Å². The number of likely N-dealkylation sites (N-methyl/N-ethyl adjacent to an activating group) is 1. The summed E-state index contributed by atoms with van der Waals surface area (Å²) in [6, 6.07) is 34.8. The Balaban J connectivity index is 1.32. The molecule has 0 aliphatic carbocycles. The number of carbonyl (C=O) groups excluding carboxylic acids is 1. The SMILES string of the molecule is C=CCOC(=O)NCc1cccc(-c2ccc([C@@H]3O[C@H](CN(C)Cc4ccccc4)[C@H](C)[C@H](c4ccc(CO)cc4)O3)cc2)c1. The molecule has 5 rings (SSSR count). The first kappa shape index (κ1) is 32.1. The van der Waals surface area contributed by atoms with Gasteiger partial charge in [0.2, 0.25) is 0 Å². The lowest BCUT2D eigenvalue weighted by atomic mass is 9.90. The first-order chi connectivity index (χ1) is 21.9. The van der Waals surface area contributed by atoms with Crippen LogP contribution in [-0.4, -0.2) is 42.4 Å². The molecule has 0 spiro atoms. The van der Waals surface area contributed by atoms with Crippen LogP contribution in [-0.2, 0) is 33.9 Å². The Morgan fingerprint density at radius 1 is 0.889 bits per heavy atom. The number of ether oxygens (including phenoxy) is 3. The molecule has 1 aliphatic rings. The van der Waals surface area contributed by atoms with Crippen molar-refractivity contribution >= 4 is 6.09 Å². The second kappa shape index (κ2) is 15.6. The van der Waals surface area contributed by atoms with Crippen LogP contribution < -0.4 is 5.32 Å². The van der Waals surface area contributed by atoms with E-state index in [9.17, 15) is 9.90 Å². The van der Waals surface area contributed by atoms with Crippen LogP contribution in [0.3, 0.4) is 0 Å². The quantitative estimate of drug-likeness (QED) is 0.166. The van der Waals surface area contributed by atoms with Crippen molar-refractivity contribution in [3.63, 3.8) is 0 Å². The van der Waals surface area contributed by atoms with Gasteiger partial charge in [0.1, 0.15) is 6.61 Å². The van der Waals surface area contributed by atoms with Gasteiger partial charge in [-0.05, 0) is 46.5 Å². The first-order valence-electron chi connectivity index (χ1n) is 15.4. The van der Waals surface area contributed by atoms with Gasteiger partial charge in [-0.3, -0.25) is 4.90 Å². The zero-order valence-corrected chi connectivity index (χ0v) is 26.0. The Kier molecular flexibility index (Phi) is 11.2. The number of hydrogen-bond donors (Lipinski definition) is 2. The molecule has 4 aromatic rings. The summed E-state index contributed by atoms with van der Waals surface area (Å²) in [6.07, 6.45) is 0.285. The van der Waals surface area contributed by atoms with Gasteiger partial charge in [-0.2, -0.15) is 0 Å². The van der Waals surface area contributed by atoms with Crippen LogP contribution >= 0.6 is 0 Å². The van der Waals surface area contributed by atoms with Crippen molar-refractivity contribution in [2.45, 2.75) is 45.1 Å². The third-order valence-corrected chi connectivity index (χ3v) is 8.12. The summed E-state index contributed by atoms with van der Waals surface area (Å²) in [5.41, 5.74) is 7.21. The lowest BCUT2D eigenvalue weighted by molar-refractivity contribution is -0.276. The maximum absolute atomic E-state index is 11.8. The lowest BCUT2D eigenvalue weighted by Crippen LogP contribution is -2.43. The van der Waals surface area contributed by atoms with Crippen molar-refractivity contribution in [3.8, 4) is 11.1 Å². The van der Waals surface area contributed by atoms with E-state index >= 15 is 0 Å². The van der Waals surface area contributed by atoms with Crippen molar-refractivity contribution in [2.75, 3.05) is 20.2 Å². The van der Waals surface area contributed by atoms with E-state index < -0.39 is 12.4 Å². The average Bonchev–Trinajstić information content (AvgIpc) is 3.08. The summed E-state index contributed by atoms with van der Waals surface area (Å²) in [6.45, 7) is 7.87. The molecule has 1 fully saturated rings. The zero-order valence-electron chi connectivity index (χ0n) is 26.0. The molecule has 0 radical (unpaired) electrons. The second-order valence-corrected chi connectivity index (χ2v) is 11.6. The fourth-order valence-corrected chi connectivity index (χ4v) is 5.65. The van der Waals surface area contributed by atoms with Gasteiger partial charge in [-0.15, -0.1) is 0 Å². The third kappa shape index (κ3) is 8.68. The normalized spacial score (nSPS) is 19.6. The minimum Gasteiger partial charge on any atom is -0.445 e. The number of aliphatic hydroxyl groups excluding tert-OH is 1. The fourth-order valence-electron chi connectivity index (χ4n) is 5.65. The second-order valence-electron chi connectivity index (χ2n) is 11.6. The molecule has 7 nitrogen and oxygen atoms in total. The number of amides is 1. The van der Waals surface area contributed by atoms with Crippen molar-refractivity contribution in [1.29, 1.82) is 0 Å². The summed E-state index contributed by atoms with van der Waals surface area (Å²) >= 11 is 0. The molecule has 2 N–H and O–H groups in total. The van der Waals surface area contributed by atoms with Gasteiger partial charge in [0.05, 0.1) is 18.8 Å². The Hall–Kier alpha value is -4.27. The van der Waals surface area contributed by atoms with E-state index in [1.807, 2.05) is 42.5 Å². The van der Waals surface area contributed by atoms with E-state index in [4.69, 9.17) is 14.2 Å². The van der Waals surface area contributed by atoms with Gasteiger partial charge in [0.15, 0.2) is 6.29 Å². The number of benzene rings is 4. The van der Waals surface area contributed by atoms with Gasteiger partial charge >= 0.3 is 6.09 Å². The summed E-state index contributed by atoms with van der Waals surface area (Å²) in [5, 5.41) is 12.3. The number of rotatable bonds is 12. The number of carbonyl (C=O) groups is 1. The molecule has 234 valence electrons. The number of aliphatic hydroxyl groups is 1. The van der Waals surface area contributed by atoms with E-state index in [0.717, 1.165) is 46.5 Å². The third-order valence-electron chi connectivity index (χ3n) is 8.12. The van der Waals surface area contributed by atoms with Crippen molar-refractivity contribution in [1.82, 2.24) is 10.2 Å². The predicted molar refractivity (Wildman–Crippen MR) is 176 cm³/mol. The molecule has 0 aromatic heterocycles. The molecule has 4 atom stereocenters. The highest BCUT2D eigenvalue weighted by atomic mass is 16.7. The predicted octanol–water partition coefficient (Wildman–Crippen LogP) is 7.18. The largest absolute Gasteiger partial charge is 0.445 e. The van der Waals surface area contributed by atoms with Crippen molar-refractivity contribution in [3.05, 3.63) is 144 Å². The van der Waals surface area contributed by atoms with E-state index in [1.165, 1.54) is 11.6 Å². The average molecular weight is 607 g/mol. The molecule has 45 heavy (non-hydrogen) atoms. The molecular formula is C38H42N2O5. The van der Waals surface area contributed by atoms with E-state index in [2.05, 4.69) is 91.4 Å². The Morgan fingerprint density at radius 2 is 1.60 bits per heavy atom. The Labute approximate surface area is 266 Å². The maximum atomic E-state index is 11.8. The Morgan fingerprint density at radius 3 is 2.31 bits per heavy atom. The van der Waals surface area contributed by atoms with Gasteiger partial charge in [0.25, 0.3) is 0 Å².